The molecule has 8 nitrogen and oxygen atoms in total. The molecule has 1 aliphatic rings. The first-order valence-corrected chi connectivity index (χ1v) is 10.8. The molecule has 1 atom stereocenters. The summed E-state index contributed by atoms with van der Waals surface area (Å²) in [5.41, 5.74) is 4.14. The van der Waals surface area contributed by atoms with Crippen molar-refractivity contribution in [2.75, 3.05) is 20.3 Å². The van der Waals surface area contributed by atoms with E-state index in [1.165, 1.54) is 0 Å². The number of benzene rings is 2. The van der Waals surface area contributed by atoms with Gasteiger partial charge in [0.1, 0.15) is 5.75 Å². The maximum Gasteiger partial charge on any atom is 0.258 e. The summed E-state index contributed by atoms with van der Waals surface area (Å²) < 4.78 is 13.0. The Balaban J connectivity index is 1.56. The Kier molecular flexibility index (Phi) is 5.45. The van der Waals surface area contributed by atoms with Crippen molar-refractivity contribution in [1.82, 2.24) is 24.9 Å². The Hall–Kier alpha value is -3.52. The minimum absolute atomic E-state index is 0.0170. The quantitative estimate of drug-likeness (QED) is 0.465. The van der Waals surface area contributed by atoms with Gasteiger partial charge in [-0.05, 0) is 60.5 Å². The molecule has 0 N–H and O–H groups in total. The van der Waals surface area contributed by atoms with Crippen LogP contribution in [0.5, 0.6) is 5.75 Å². The monoisotopic (exact) mass is 431 g/mol. The first-order chi connectivity index (χ1) is 15.6. The van der Waals surface area contributed by atoms with Gasteiger partial charge < -0.3 is 14.4 Å². The van der Waals surface area contributed by atoms with Gasteiger partial charge in [-0.25, -0.2) is 0 Å². The van der Waals surface area contributed by atoms with E-state index < -0.39 is 0 Å². The number of pyridine rings is 1. The Morgan fingerprint density at radius 3 is 2.94 bits per heavy atom. The largest absolute Gasteiger partial charge is 0.496 e. The number of para-hydroxylation sites is 1. The average Bonchev–Trinajstić information content (AvgIpc) is 3.50. The number of aromatic nitrogens is 4. The molecule has 2 aromatic carbocycles. The number of aryl methyl sites for hydroxylation is 1. The van der Waals surface area contributed by atoms with Gasteiger partial charge >= 0.3 is 0 Å². The van der Waals surface area contributed by atoms with E-state index in [1.807, 2.05) is 29.2 Å². The predicted octanol–water partition coefficient (Wildman–Crippen LogP) is 3.42. The van der Waals surface area contributed by atoms with Gasteiger partial charge in [0.15, 0.2) is 5.65 Å². The van der Waals surface area contributed by atoms with Crippen molar-refractivity contribution in [2.45, 2.75) is 32.4 Å². The van der Waals surface area contributed by atoms with Gasteiger partial charge in [0.05, 0.1) is 24.3 Å². The predicted molar refractivity (Wildman–Crippen MR) is 120 cm³/mol. The lowest BCUT2D eigenvalue weighted by Gasteiger charge is -2.26. The van der Waals surface area contributed by atoms with Crippen LogP contribution in [0.3, 0.4) is 0 Å². The van der Waals surface area contributed by atoms with E-state index in [4.69, 9.17) is 9.47 Å². The van der Waals surface area contributed by atoms with Crippen molar-refractivity contribution in [2.24, 2.45) is 0 Å². The molecule has 0 bridgehead atoms. The number of amides is 1. The van der Waals surface area contributed by atoms with Crippen molar-refractivity contribution < 1.29 is 14.3 Å². The molecule has 4 aromatic rings. The average molecular weight is 431 g/mol. The van der Waals surface area contributed by atoms with Crippen LogP contribution in [0.1, 0.15) is 34.3 Å². The second-order valence-electron chi connectivity index (χ2n) is 8.17. The molecule has 1 fully saturated rings. The van der Waals surface area contributed by atoms with Crippen molar-refractivity contribution in [3.05, 3.63) is 65.2 Å². The number of carbonyl (C=O) groups is 1. The lowest BCUT2D eigenvalue weighted by atomic mass is 10.1. The van der Waals surface area contributed by atoms with E-state index >= 15 is 0 Å². The van der Waals surface area contributed by atoms with E-state index in [-0.39, 0.29) is 12.0 Å². The highest BCUT2D eigenvalue weighted by Crippen LogP contribution is 2.25. The number of methoxy groups -OCH3 is 1. The number of tetrazole rings is 1. The highest BCUT2D eigenvalue weighted by atomic mass is 16.5. The summed E-state index contributed by atoms with van der Waals surface area (Å²) in [6.45, 7) is 3.65. The molecular formula is C24H25N5O3. The Labute approximate surface area is 185 Å². The van der Waals surface area contributed by atoms with E-state index in [0.29, 0.717) is 30.0 Å². The summed E-state index contributed by atoms with van der Waals surface area (Å²) in [5, 5.41) is 13.4. The molecule has 5 rings (SSSR count). The summed E-state index contributed by atoms with van der Waals surface area (Å²) in [6, 6.07) is 15.5. The minimum atomic E-state index is -0.104. The topological polar surface area (TPSA) is 81.9 Å². The molecule has 32 heavy (non-hydrogen) atoms. The fraction of sp³-hybridized carbons (Fsp3) is 0.333. The molecule has 0 aliphatic carbocycles. The van der Waals surface area contributed by atoms with Crippen LogP contribution in [0, 0.1) is 6.92 Å². The SMILES string of the molecule is COc1ccccc1C(=O)N(Cc1cc2cc(C)ccc2n2nnnc12)C[C@@H]1CCCO1. The number of hydrogen-bond acceptors (Lipinski definition) is 6. The Morgan fingerprint density at radius 1 is 1.25 bits per heavy atom. The zero-order chi connectivity index (χ0) is 22.1. The van der Waals surface area contributed by atoms with Crippen LogP contribution in [-0.4, -0.2) is 57.2 Å². The number of hydrogen-bond donors (Lipinski definition) is 0. The molecule has 8 heteroatoms. The summed E-state index contributed by atoms with van der Waals surface area (Å²) in [6.07, 6.45) is 1.96. The van der Waals surface area contributed by atoms with Gasteiger partial charge in [-0.1, -0.05) is 23.8 Å². The molecule has 3 heterocycles. The normalized spacial score (nSPS) is 16.0. The second-order valence-corrected chi connectivity index (χ2v) is 8.17. The van der Waals surface area contributed by atoms with Gasteiger partial charge in [-0.3, -0.25) is 4.79 Å². The van der Waals surface area contributed by atoms with Crippen LogP contribution in [0.2, 0.25) is 0 Å². The molecule has 1 amide bonds. The molecule has 0 spiro atoms. The molecule has 0 unspecified atom stereocenters. The fourth-order valence-electron chi connectivity index (χ4n) is 4.35. The van der Waals surface area contributed by atoms with Crippen molar-refractivity contribution in [1.29, 1.82) is 0 Å². The van der Waals surface area contributed by atoms with E-state index in [9.17, 15) is 4.79 Å². The van der Waals surface area contributed by atoms with Crippen molar-refractivity contribution in [3.8, 4) is 5.75 Å². The number of fused-ring (bicyclic) bond motifs is 3. The summed E-state index contributed by atoms with van der Waals surface area (Å²) >= 11 is 0. The Bertz CT molecular complexity index is 1280. The maximum absolute atomic E-state index is 13.6. The van der Waals surface area contributed by atoms with Crippen LogP contribution >= 0.6 is 0 Å². The van der Waals surface area contributed by atoms with Gasteiger partial charge in [-0.15, -0.1) is 5.10 Å². The summed E-state index contributed by atoms with van der Waals surface area (Å²) in [5.74, 6) is 0.450. The number of rotatable bonds is 6. The molecule has 0 radical (unpaired) electrons. The van der Waals surface area contributed by atoms with Gasteiger partial charge in [0, 0.05) is 30.6 Å². The smallest absolute Gasteiger partial charge is 0.258 e. The van der Waals surface area contributed by atoms with Crippen molar-refractivity contribution in [3.63, 3.8) is 0 Å². The molecule has 1 saturated heterocycles. The molecule has 1 aliphatic heterocycles. The summed E-state index contributed by atoms with van der Waals surface area (Å²) in [7, 11) is 1.58. The lowest BCUT2D eigenvalue weighted by molar-refractivity contribution is 0.0505. The van der Waals surface area contributed by atoms with Gasteiger partial charge in [0.25, 0.3) is 5.91 Å². The third kappa shape index (κ3) is 3.78. The summed E-state index contributed by atoms with van der Waals surface area (Å²) in [4.78, 5) is 15.5. The maximum atomic E-state index is 13.6. The van der Waals surface area contributed by atoms with Crippen LogP contribution in [-0.2, 0) is 11.3 Å². The number of carbonyl (C=O) groups excluding carboxylic acids is 1. The minimum Gasteiger partial charge on any atom is -0.496 e. The first kappa shape index (κ1) is 20.4. The van der Waals surface area contributed by atoms with Crippen LogP contribution in [0.25, 0.3) is 16.6 Å². The molecule has 0 saturated carbocycles. The van der Waals surface area contributed by atoms with Gasteiger partial charge in [-0.2, -0.15) is 4.52 Å². The number of nitrogens with zero attached hydrogens (tertiary/aromatic N) is 5. The van der Waals surface area contributed by atoms with Crippen LogP contribution < -0.4 is 4.74 Å². The van der Waals surface area contributed by atoms with E-state index in [1.54, 1.807) is 23.8 Å². The fourth-order valence-corrected chi connectivity index (χ4v) is 4.35. The number of ether oxygens (including phenoxy) is 2. The first-order valence-electron chi connectivity index (χ1n) is 10.8. The van der Waals surface area contributed by atoms with E-state index in [2.05, 4.69) is 34.6 Å². The van der Waals surface area contributed by atoms with Crippen molar-refractivity contribution >= 4 is 22.5 Å². The lowest BCUT2D eigenvalue weighted by Crippen LogP contribution is -2.37. The van der Waals surface area contributed by atoms with Crippen LogP contribution in [0.15, 0.2) is 48.5 Å². The zero-order valence-electron chi connectivity index (χ0n) is 18.2. The second kappa shape index (κ2) is 8.55. The van der Waals surface area contributed by atoms with Gasteiger partial charge in [0.2, 0.25) is 0 Å². The third-order valence-corrected chi connectivity index (χ3v) is 5.93. The van der Waals surface area contributed by atoms with E-state index in [0.717, 1.165) is 41.5 Å². The molecule has 2 aromatic heterocycles. The molecular weight excluding hydrogens is 406 g/mol. The molecule has 164 valence electrons. The zero-order valence-corrected chi connectivity index (χ0v) is 18.2. The highest BCUT2D eigenvalue weighted by molar-refractivity contribution is 5.97. The standard InChI is InChI=1S/C24H25N5O3/c1-16-9-10-21-17(12-16)13-18(23-25-26-27-29(21)23)14-28(15-19-6-5-11-32-19)24(30)20-7-3-4-8-22(20)31-2/h3-4,7-10,12-13,19H,5-6,11,14-15H2,1-2H3/t19-/m0/s1. The van der Waals surface area contributed by atoms with Crippen LogP contribution in [0.4, 0.5) is 0 Å². The highest BCUT2D eigenvalue weighted by Gasteiger charge is 2.26. The third-order valence-electron chi connectivity index (χ3n) is 5.93. The Morgan fingerprint density at radius 2 is 2.12 bits per heavy atom.